The minimum absolute atomic E-state index is 0.161. The van der Waals surface area contributed by atoms with Crippen molar-refractivity contribution in [2.45, 2.75) is 25.8 Å². The number of carbonyl (C=O) groups is 2. The molecule has 1 aliphatic heterocycles. The molecule has 1 aliphatic rings. The first-order chi connectivity index (χ1) is 5.96. The molecule has 5 nitrogen and oxygen atoms in total. The molecule has 13 heavy (non-hydrogen) atoms. The van der Waals surface area contributed by atoms with Crippen LogP contribution >= 0.6 is 0 Å². The molecule has 72 valence electrons. The molecular formula is C8H10NO4-. The van der Waals surface area contributed by atoms with Gasteiger partial charge in [0.1, 0.15) is 0 Å². The van der Waals surface area contributed by atoms with Crippen molar-refractivity contribution in [3.05, 3.63) is 17.5 Å². The Balaban J connectivity index is 2.49. The van der Waals surface area contributed by atoms with E-state index in [0.717, 1.165) is 6.26 Å². The summed E-state index contributed by atoms with van der Waals surface area (Å²) < 4.78 is 4.50. The van der Waals surface area contributed by atoms with E-state index in [-0.39, 0.29) is 6.42 Å². The molecule has 1 atom stereocenters. The fourth-order valence-electron chi connectivity index (χ4n) is 1.05. The van der Waals surface area contributed by atoms with Crippen LogP contribution in [0.15, 0.2) is 12.3 Å². The van der Waals surface area contributed by atoms with Crippen LogP contribution < -0.4 is 0 Å². The Bertz CT molecular complexity index is 273. The molecule has 0 N–H and O–H groups in total. The number of β-lactam (4-membered cyclic amide) rings is 1. The third-order valence-electron chi connectivity index (χ3n) is 1.86. The van der Waals surface area contributed by atoms with E-state index in [9.17, 15) is 14.8 Å². The van der Waals surface area contributed by atoms with Crippen molar-refractivity contribution in [2.75, 3.05) is 0 Å². The molecule has 1 amide bonds. The summed E-state index contributed by atoms with van der Waals surface area (Å²) in [5.41, 5.74) is -0.841. The number of hydrogen-bond acceptors (Lipinski definition) is 4. The fourth-order valence-corrected chi connectivity index (χ4v) is 1.05. The maximum atomic E-state index is 10.9. The molecule has 5 heteroatoms. The maximum absolute atomic E-state index is 10.9. The second kappa shape index (κ2) is 3.18. The van der Waals surface area contributed by atoms with Crippen LogP contribution in [-0.4, -0.2) is 22.5 Å². The topological polar surface area (TPSA) is 69.7 Å². The fraction of sp³-hybridized carbons (Fsp3) is 0.500. The lowest BCUT2D eigenvalue weighted by atomic mass is 9.89. The summed E-state index contributed by atoms with van der Waals surface area (Å²) in [6.45, 7) is 2.86. The zero-order valence-corrected chi connectivity index (χ0v) is 7.44. The third-order valence-corrected chi connectivity index (χ3v) is 1.86. The Morgan fingerprint density at radius 3 is 2.77 bits per heavy atom. The zero-order chi connectivity index (χ0) is 10.1. The van der Waals surface area contributed by atoms with E-state index < -0.39 is 17.4 Å². The van der Waals surface area contributed by atoms with Gasteiger partial charge in [-0.2, -0.15) is 0 Å². The standard InChI is InChI=1S/C8H10NO4/c1-6(10)13-4-3-8(2)5-7(11)9(8)12/h3-4H,5H2,1-2H3/q-1. The second-order valence-electron chi connectivity index (χ2n) is 3.13. The number of carbonyl (C=O) groups excluding carboxylic acids is 2. The van der Waals surface area contributed by atoms with Gasteiger partial charge >= 0.3 is 5.97 Å². The second-order valence-corrected chi connectivity index (χ2v) is 3.13. The molecule has 1 saturated heterocycles. The SMILES string of the molecule is CC(=O)OC=CC1(C)CC(=O)N1[O-]. The Morgan fingerprint density at radius 2 is 2.38 bits per heavy atom. The maximum Gasteiger partial charge on any atom is 0.307 e. The van der Waals surface area contributed by atoms with Gasteiger partial charge in [-0.15, -0.1) is 0 Å². The van der Waals surface area contributed by atoms with Crippen LogP contribution in [0.3, 0.4) is 0 Å². The van der Waals surface area contributed by atoms with E-state index in [1.807, 2.05) is 0 Å². The average molecular weight is 184 g/mol. The van der Waals surface area contributed by atoms with E-state index in [1.54, 1.807) is 6.92 Å². The summed E-state index contributed by atoms with van der Waals surface area (Å²) in [5, 5.41) is 11.3. The van der Waals surface area contributed by atoms with Crippen molar-refractivity contribution >= 4 is 11.9 Å². The monoisotopic (exact) mass is 184 g/mol. The minimum Gasteiger partial charge on any atom is -0.756 e. The average Bonchev–Trinajstić information content (AvgIpc) is 2.03. The molecule has 0 spiro atoms. The predicted octanol–water partition coefficient (Wildman–Crippen LogP) is 0.552. The van der Waals surface area contributed by atoms with Gasteiger partial charge in [-0.3, -0.25) is 9.59 Å². The van der Waals surface area contributed by atoms with Crippen LogP contribution in [0.2, 0.25) is 0 Å². The van der Waals surface area contributed by atoms with Crippen molar-refractivity contribution in [1.82, 2.24) is 5.06 Å². The van der Waals surface area contributed by atoms with E-state index in [4.69, 9.17) is 0 Å². The lowest BCUT2D eigenvalue weighted by molar-refractivity contribution is -0.145. The van der Waals surface area contributed by atoms with Gasteiger partial charge < -0.3 is 15.0 Å². The molecular weight excluding hydrogens is 174 g/mol. The van der Waals surface area contributed by atoms with Crippen LogP contribution in [0.1, 0.15) is 20.3 Å². The van der Waals surface area contributed by atoms with Crippen LogP contribution in [0, 0.1) is 5.21 Å². The summed E-state index contributed by atoms with van der Waals surface area (Å²) in [7, 11) is 0. The van der Waals surface area contributed by atoms with E-state index in [1.165, 1.54) is 13.0 Å². The number of hydroxylamine groups is 2. The molecule has 0 aromatic rings. The zero-order valence-electron chi connectivity index (χ0n) is 7.44. The minimum atomic E-state index is -0.841. The van der Waals surface area contributed by atoms with Crippen molar-refractivity contribution in [2.24, 2.45) is 0 Å². The lowest BCUT2D eigenvalue weighted by Gasteiger charge is -2.53. The first-order valence-electron chi connectivity index (χ1n) is 3.81. The van der Waals surface area contributed by atoms with Crippen LogP contribution in [-0.2, 0) is 14.3 Å². The van der Waals surface area contributed by atoms with Gasteiger partial charge in [0, 0.05) is 6.92 Å². The number of rotatable bonds is 2. The summed E-state index contributed by atoms with van der Waals surface area (Å²) in [5.74, 6) is -0.905. The molecule has 0 aliphatic carbocycles. The number of esters is 1. The van der Waals surface area contributed by atoms with Crippen molar-refractivity contribution < 1.29 is 14.3 Å². The van der Waals surface area contributed by atoms with Crippen LogP contribution in [0.5, 0.6) is 0 Å². The van der Waals surface area contributed by atoms with Gasteiger partial charge in [0.15, 0.2) is 0 Å². The van der Waals surface area contributed by atoms with Gasteiger partial charge in [-0.25, -0.2) is 0 Å². The van der Waals surface area contributed by atoms with Gasteiger partial charge in [0.2, 0.25) is 5.91 Å². The molecule has 0 aromatic carbocycles. The predicted molar refractivity (Wildman–Crippen MR) is 44.1 cm³/mol. The van der Waals surface area contributed by atoms with Gasteiger partial charge in [-0.1, -0.05) is 0 Å². The molecule has 0 radical (unpaired) electrons. The Kier molecular flexibility index (Phi) is 2.38. The van der Waals surface area contributed by atoms with Gasteiger partial charge in [0.25, 0.3) is 0 Å². The van der Waals surface area contributed by atoms with Gasteiger partial charge in [-0.05, 0) is 13.0 Å². The highest BCUT2D eigenvalue weighted by atomic mass is 16.5. The summed E-state index contributed by atoms with van der Waals surface area (Å²) in [6.07, 6.45) is 2.71. The van der Waals surface area contributed by atoms with E-state index >= 15 is 0 Å². The molecule has 1 unspecified atom stereocenters. The molecule has 1 heterocycles. The van der Waals surface area contributed by atoms with E-state index in [0.29, 0.717) is 5.06 Å². The quantitative estimate of drug-likeness (QED) is 0.357. The first kappa shape index (κ1) is 9.73. The number of amides is 1. The van der Waals surface area contributed by atoms with Crippen LogP contribution in [0.4, 0.5) is 0 Å². The first-order valence-corrected chi connectivity index (χ1v) is 3.81. The third kappa shape index (κ3) is 1.86. The van der Waals surface area contributed by atoms with Crippen molar-refractivity contribution in [1.29, 1.82) is 0 Å². The number of hydrogen-bond donors (Lipinski definition) is 0. The highest BCUT2D eigenvalue weighted by molar-refractivity contribution is 5.86. The Labute approximate surface area is 75.5 Å². The Hall–Kier alpha value is -1.36. The molecule has 1 fully saturated rings. The van der Waals surface area contributed by atoms with Crippen molar-refractivity contribution in [3.8, 4) is 0 Å². The highest BCUT2D eigenvalue weighted by Crippen LogP contribution is 2.31. The number of nitrogens with zero attached hydrogens (tertiary/aromatic N) is 1. The van der Waals surface area contributed by atoms with Gasteiger partial charge in [0.05, 0.1) is 18.2 Å². The molecule has 0 saturated carbocycles. The molecule has 0 aromatic heterocycles. The molecule has 0 bridgehead atoms. The summed E-state index contributed by atoms with van der Waals surface area (Å²) >= 11 is 0. The Morgan fingerprint density at radius 1 is 1.77 bits per heavy atom. The summed E-state index contributed by atoms with van der Waals surface area (Å²) in [6, 6.07) is 0. The highest BCUT2D eigenvalue weighted by Gasteiger charge is 2.39. The smallest absolute Gasteiger partial charge is 0.307 e. The van der Waals surface area contributed by atoms with Crippen molar-refractivity contribution in [3.63, 3.8) is 0 Å². The normalized spacial score (nSPS) is 27.6. The lowest BCUT2D eigenvalue weighted by Crippen LogP contribution is -2.57. The summed E-state index contributed by atoms with van der Waals surface area (Å²) in [4.78, 5) is 21.0. The number of ether oxygens (including phenoxy) is 1. The van der Waals surface area contributed by atoms with Crippen LogP contribution in [0.25, 0.3) is 0 Å². The van der Waals surface area contributed by atoms with E-state index in [2.05, 4.69) is 4.74 Å². The molecule has 1 rings (SSSR count). The largest absolute Gasteiger partial charge is 0.756 e.